The Labute approximate surface area is 134 Å². The van der Waals surface area contributed by atoms with Gasteiger partial charge in [0.2, 0.25) is 0 Å². The maximum Gasteiger partial charge on any atom is 0.416 e. The summed E-state index contributed by atoms with van der Waals surface area (Å²) in [5, 5.41) is 2.45. The molecule has 126 valence electrons. The highest BCUT2D eigenvalue weighted by Gasteiger charge is 2.40. The number of aromatic nitrogens is 1. The van der Waals surface area contributed by atoms with Gasteiger partial charge >= 0.3 is 12.2 Å². The van der Waals surface area contributed by atoms with E-state index in [1.807, 2.05) is 0 Å². The van der Waals surface area contributed by atoms with Crippen molar-refractivity contribution in [3.05, 3.63) is 53.2 Å². The zero-order valence-electron chi connectivity index (χ0n) is 12.4. The van der Waals surface area contributed by atoms with Gasteiger partial charge in [-0.2, -0.15) is 13.2 Å². The number of halogens is 3. The number of oxazole rings is 1. The summed E-state index contributed by atoms with van der Waals surface area (Å²) in [5.41, 5.74) is -0.547. The van der Waals surface area contributed by atoms with Crippen LogP contribution in [-0.4, -0.2) is 21.8 Å². The van der Waals surface area contributed by atoms with Crippen molar-refractivity contribution < 1.29 is 27.2 Å². The monoisotopic (exact) mass is 339 g/mol. The van der Waals surface area contributed by atoms with E-state index >= 15 is 0 Å². The second-order valence-electron chi connectivity index (χ2n) is 5.27. The molecule has 1 N–H and O–H groups in total. The fraction of sp³-hybridized carbons (Fsp3) is 0.267. The van der Waals surface area contributed by atoms with Crippen molar-refractivity contribution in [3.63, 3.8) is 0 Å². The van der Waals surface area contributed by atoms with Gasteiger partial charge in [-0.3, -0.25) is 9.69 Å². The molecule has 0 radical (unpaired) electrons. The quantitative estimate of drug-likeness (QED) is 0.873. The van der Waals surface area contributed by atoms with Crippen LogP contribution in [0.5, 0.6) is 0 Å². The Morgan fingerprint density at radius 1 is 1.25 bits per heavy atom. The second kappa shape index (κ2) is 5.66. The van der Waals surface area contributed by atoms with Crippen molar-refractivity contribution in [1.82, 2.24) is 15.2 Å². The Kier molecular flexibility index (Phi) is 3.78. The van der Waals surface area contributed by atoms with Crippen LogP contribution < -0.4 is 5.32 Å². The highest BCUT2D eigenvalue weighted by molar-refractivity contribution is 6.04. The van der Waals surface area contributed by atoms with Crippen molar-refractivity contribution in [2.24, 2.45) is 0 Å². The minimum absolute atomic E-state index is 0.0946. The number of rotatable bonds is 3. The first-order chi connectivity index (χ1) is 11.3. The summed E-state index contributed by atoms with van der Waals surface area (Å²) >= 11 is 0. The fourth-order valence-electron chi connectivity index (χ4n) is 2.39. The van der Waals surface area contributed by atoms with Gasteiger partial charge in [-0.05, 0) is 17.7 Å². The van der Waals surface area contributed by atoms with Crippen LogP contribution in [0.2, 0.25) is 0 Å². The van der Waals surface area contributed by atoms with Gasteiger partial charge in [0.15, 0.2) is 5.89 Å². The van der Waals surface area contributed by atoms with Crippen LogP contribution in [0.15, 0.2) is 34.9 Å². The smallest absolute Gasteiger partial charge is 0.416 e. The van der Waals surface area contributed by atoms with Gasteiger partial charge in [-0.15, -0.1) is 0 Å². The molecule has 1 aromatic heterocycles. The van der Waals surface area contributed by atoms with Crippen molar-refractivity contribution >= 4 is 11.9 Å². The first kappa shape index (κ1) is 16.0. The minimum Gasteiger partial charge on any atom is -0.444 e. The molecule has 1 aromatic carbocycles. The topological polar surface area (TPSA) is 75.4 Å². The van der Waals surface area contributed by atoms with Crippen molar-refractivity contribution in [2.45, 2.75) is 25.7 Å². The van der Waals surface area contributed by atoms with Gasteiger partial charge < -0.3 is 9.73 Å². The highest BCUT2D eigenvalue weighted by Crippen LogP contribution is 2.31. The fourth-order valence-corrected chi connectivity index (χ4v) is 2.39. The predicted octanol–water partition coefficient (Wildman–Crippen LogP) is 2.79. The highest BCUT2D eigenvalue weighted by atomic mass is 19.4. The molecule has 2 heterocycles. The molecule has 0 spiro atoms. The van der Waals surface area contributed by atoms with E-state index < -0.39 is 29.7 Å². The number of hydrogen-bond acceptors (Lipinski definition) is 4. The molecule has 0 bridgehead atoms. The van der Waals surface area contributed by atoms with Crippen molar-refractivity contribution in [3.8, 4) is 0 Å². The molecule has 1 aliphatic rings. The van der Waals surface area contributed by atoms with Crippen molar-refractivity contribution in [1.29, 1.82) is 0 Å². The molecule has 2 aromatic rings. The van der Waals surface area contributed by atoms with Gasteiger partial charge in [0, 0.05) is 6.92 Å². The normalized spacial score (nSPS) is 18.2. The lowest BCUT2D eigenvalue weighted by molar-refractivity contribution is -0.137. The third kappa shape index (κ3) is 2.97. The molecule has 6 nitrogen and oxygen atoms in total. The number of amides is 3. The van der Waals surface area contributed by atoms with Gasteiger partial charge in [-0.1, -0.05) is 12.1 Å². The SMILES string of the molecule is Cc1ncc(CN2C(=O)NC(c3ccc(C(F)(F)F)cc3)C2=O)o1. The number of benzene rings is 1. The summed E-state index contributed by atoms with van der Waals surface area (Å²) in [6.45, 7) is 1.53. The molecule has 1 aliphatic heterocycles. The first-order valence-corrected chi connectivity index (χ1v) is 6.96. The summed E-state index contributed by atoms with van der Waals surface area (Å²) < 4.78 is 43.0. The number of nitrogens with zero attached hydrogens (tertiary/aromatic N) is 2. The van der Waals surface area contributed by atoms with E-state index in [9.17, 15) is 22.8 Å². The van der Waals surface area contributed by atoms with E-state index in [1.54, 1.807) is 6.92 Å². The van der Waals surface area contributed by atoms with Crippen molar-refractivity contribution in [2.75, 3.05) is 0 Å². The van der Waals surface area contributed by atoms with Gasteiger partial charge in [0.05, 0.1) is 18.3 Å². The van der Waals surface area contributed by atoms with E-state index in [1.165, 1.54) is 18.3 Å². The third-order valence-electron chi connectivity index (χ3n) is 3.58. The van der Waals surface area contributed by atoms with Crippen LogP contribution in [0.4, 0.5) is 18.0 Å². The van der Waals surface area contributed by atoms with Crippen LogP contribution in [0.1, 0.15) is 28.8 Å². The minimum atomic E-state index is -4.46. The molecule has 24 heavy (non-hydrogen) atoms. The number of carbonyl (C=O) groups is 2. The Balaban J connectivity index is 1.78. The lowest BCUT2D eigenvalue weighted by Crippen LogP contribution is -2.30. The summed E-state index contributed by atoms with van der Waals surface area (Å²) in [4.78, 5) is 29.1. The lowest BCUT2D eigenvalue weighted by Gasteiger charge is -2.12. The number of urea groups is 1. The number of hydrogen-bond donors (Lipinski definition) is 1. The Bertz CT molecular complexity index is 783. The first-order valence-electron chi connectivity index (χ1n) is 6.96. The van der Waals surface area contributed by atoms with Crippen LogP contribution >= 0.6 is 0 Å². The predicted molar refractivity (Wildman–Crippen MR) is 74.5 cm³/mol. The van der Waals surface area contributed by atoms with Crippen LogP contribution in [-0.2, 0) is 17.5 Å². The Morgan fingerprint density at radius 3 is 2.46 bits per heavy atom. The van der Waals surface area contributed by atoms with E-state index in [0.29, 0.717) is 11.7 Å². The Hall–Kier alpha value is -2.84. The molecule has 0 aliphatic carbocycles. The van der Waals surface area contributed by atoms with Gasteiger partial charge in [0.1, 0.15) is 11.8 Å². The zero-order valence-corrected chi connectivity index (χ0v) is 12.4. The molecule has 1 fully saturated rings. The van der Waals surface area contributed by atoms with Crippen LogP contribution in [0, 0.1) is 6.92 Å². The standard InChI is InChI=1S/C15H12F3N3O3/c1-8-19-6-11(24-8)7-21-13(22)12(20-14(21)23)9-2-4-10(5-3-9)15(16,17)18/h2-6,12H,7H2,1H3,(H,20,23). The molecule has 3 rings (SSSR count). The van der Waals surface area contributed by atoms with E-state index in [2.05, 4.69) is 10.3 Å². The molecule has 1 unspecified atom stereocenters. The second-order valence-corrected chi connectivity index (χ2v) is 5.27. The van der Waals surface area contributed by atoms with Crippen LogP contribution in [0.25, 0.3) is 0 Å². The molecule has 9 heteroatoms. The number of aryl methyl sites for hydroxylation is 1. The summed E-state index contributed by atoms with van der Waals surface area (Å²) in [6, 6.07) is 2.43. The number of alkyl halides is 3. The Morgan fingerprint density at radius 2 is 1.92 bits per heavy atom. The molecule has 1 atom stereocenters. The molecule has 3 amide bonds. The number of imide groups is 1. The third-order valence-corrected chi connectivity index (χ3v) is 3.58. The molecule has 0 saturated carbocycles. The number of carbonyl (C=O) groups excluding carboxylic acids is 2. The van der Waals surface area contributed by atoms with Gasteiger partial charge in [0.25, 0.3) is 5.91 Å². The average Bonchev–Trinajstić information content (AvgIpc) is 3.05. The van der Waals surface area contributed by atoms with E-state index in [4.69, 9.17) is 4.42 Å². The van der Waals surface area contributed by atoms with Gasteiger partial charge in [-0.25, -0.2) is 9.78 Å². The molecule has 1 saturated heterocycles. The number of nitrogens with one attached hydrogen (secondary N) is 1. The average molecular weight is 339 g/mol. The summed E-state index contributed by atoms with van der Waals surface area (Å²) in [6.07, 6.45) is -3.06. The zero-order chi connectivity index (χ0) is 17.5. The molecular weight excluding hydrogens is 327 g/mol. The maximum absolute atomic E-state index is 12.6. The maximum atomic E-state index is 12.6. The molecular formula is C15H12F3N3O3. The lowest BCUT2D eigenvalue weighted by atomic mass is 10.0. The summed E-state index contributed by atoms with van der Waals surface area (Å²) in [5.74, 6) is 0.175. The van der Waals surface area contributed by atoms with E-state index in [-0.39, 0.29) is 12.1 Å². The van der Waals surface area contributed by atoms with E-state index in [0.717, 1.165) is 17.0 Å². The largest absolute Gasteiger partial charge is 0.444 e. The summed E-state index contributed by atoms with van der Waals surface area (Å²) in [7, 11) is 0. The van der Waals surface area contributed by atoms with Crippen LogP contribution in [0.3, 0.4) is 0 Å².